The van der Waals surface area contributed by atoms with Crippen LogP contribution in [0.15, 0.2) is 60.7 Å². The average Bonchev–Trinajstić information content (AvgIpc) is 3.90. The molecule has 0 saturated carbocycles. The van der Waals surface area contributed by atoms with Gasteiger partial charge in [-0.3, -0.25) is 19.7 Å². The monoisotopic (exact) mass is 972 g/mol. The van der Waals surface area contributed by atoms with Crippen LogP contribution < -0.4 is 25.6 Å². The number of primary amides is 1. The molecule has 3 saturated heterocycles. The molecule has 4 aromatic rings. The number of nitriles is 1. The van der Waals surface area contributed by atoms with Crippen LogP contribution in [0, 0.1) is 11.3 Å². The van der Waals surface area contributed by atoms with Crippen molar-refractivity contribution in [1.29, 1.82) is 5.26 Å². The number of nitrogens with one attached hydrogen (secondary N) is 1. The molecule has 5 aliphatic rings. The Morgan fingerprint density at radius 2 is 1.62 bits per heavy atom. The second kappa shape index (κ2) is 23.2. The van der Waals surface area contributed by atoms with Gasteiger partial charge < -0.3 is 53.9 Å². The second-order valence-electron chi connectivity index (χ2n) is 18.8. The molecule has 5 amide bonds. The van der Waals surface area contributed by atoms with Gasteiger partial charge in [0, 0.05) is 80.4 Å². The molecule has 3 fully saturated rings. The summed E-state index contributed by atoms with van der Waals surface area (Å²) in [6.45, 7) is 7.49. The van der Waals surface area contributed by atoms with Gasteiger partial charge in [-0.1, -0.05) is 36.4 Å². The summed E-state index contributed by atoms with van der Waals surface area (Å²) in [5.74, 6) is 1.37. The van der Waals surface area contributed by atoms with Crippen molar-refractivity contribution >= 4 is 46.0 Å². The number of rotatable bonds is 21. The third-order valence-electron chi connectivity index (χ3n) is 14.3. The van der Waals surface area contributed by atoms with E-state index in [2.05, 4.69) is 75.6 Å². The number of urea groups is 1. The number of imide groups is 1. The summed E-state index contributed by atoms with van der Waals surface area (Å²) in [4.78, 5) is 69.7. The van der Waals surface area contributed by atoms with Crippen molar-refractivity contribution in [3.63, 3.8) is 0 Å². The number of piperazine rings is 1. The van der Waals surface area contributed by atoms with Crippen LogP contribution in [-0.4, -0.2) is 165 Å². The number of aryl methyl sites for hydroxylation is 1. The number of nitrogens with two attached hydrogens (primary N) is 1. The van der Waals surface area contributed by atoms with Crippen LogP contribution in [0.25, 0.3) is 10.8 Å². The lowest BCUT2D eigenvalue weighted by Crippen LogP contribution is -2.57. The fourth-order valence-corrected chi connectivity index (χ4v) is 10.6. The minimum atomic E-state index is -0.653. The number of carbonyl (C=O) groups is 4. The molecular weight excluding hydrogens is 909 g/mol. The second-order valence-corrected chi connectivity index (χ2v) is 18.8. The van der Waals surface area contributed by atoms with E-state index >= 15 is 0 Å². The Hall–Kier alpha value is -6.43. The number of anilines is 2. The van der Waals surface area contributed by atoms with E-state index in [9.17, 15) is 24.4 Å². The number of ether oxygens (including phenoxy) is 5. The molecule has 0 radical (unpaired) electrons. The van der Waals surface area contributed by atoms with E-state index in [0.29, 0.717) is 116 Å². The number of fused-ring (bicyclic) bond motifs is 3. The van der Waals surface area contributed by atoms with Crippen molar-refractivity contribution in [1.82, 2.24) is 30.0 Å². The summed E-state index contributed by atoms with van der Waals surface area (Å²) < 4.78 is 29.2. The molecule has 0 spiro atoms. The van der Waals surface area contributed by atoms with Gasteiger partial charge in [0.15, 0.2) is 0 Å². The molecule has 6 heterocycles. The first-order valence-corrected chi connectivity index (χ1v) is 24.9. The first-order valence-electron chi connectivity index (χ1n) is 24.9. The van der Waals surface area contributed by atoms with Crippen molar-refractivity contribution in [2.45, 2.75) is 82.3 Å². The summed E-state index contributed by atoms with van der Waals surface area (Å²) in [6, 6.07) is 21.3. The fourth-order valence-electron chi connectivity index (χ4n) is 10.6. The zero-order valence-corrected chi connectivity index (χ0v) is 40.5. The molecule has 3 aromatic carbocycles. The standard InChI is InChI=1S/C52H64N10O9/c1-58-33-40(71-28-26-69-24-22-67-21-23-68-25-27-70-39-10-11-42-36(29-39)31-62(51(42)65)46-12-14-48(63)57-50(46)64)30-37(58)9-13-47-55-44-34-59(45-8-4-6-35-5-2-3-7-41(35)45)18-16-43(44)49(56-47)60-19-20-61(52(54)66)38(32-60)15-17-53/h2-8,10-11,29,37-38,40,46H,9,12-16,18-28,30-34H2,1H3,(H2,54,66)(H,57,63,64)/t37-,38+,40-,46?/m1/s1. The predicted octanol–water partition coefficient (Wildman–Crippen LogP) is 3.59. The minimum Gasteiger partial charge on any atom is -0.491 e. The average molecular weight is 973 g/mol. The molecule has 9 rings (SSSR count). The third kappa shape index (κ3) is 11.9. The zero-order valence-electron chi connectivity index (χ0n) is 40.5. The molecule has 376 valence electrons. The lowest BCUT2D eigenvalue weighted by Gasteiger charge is -2.42. The smallest absolute Gasteiger partial charge is 0.315 e. The summed E-state index contributed by atoms with van der Waals surface area (Å²) in [7, 11) is 2.15. The Morgan fingerprint density at radius 3 is 2.41 bits per heavy atom. The highest BCUT2D eigenvalue weighted by atomic mass is 16.6. The maximum Gasteiger partial charge on any atom is 0.315 e. The van der Waals surface area contributed by atoms with E-state index in [0.717, 1.165) is 60.8 Å². The molecule has 0 aliphatic carbocycles. The SMILES string of the molecule is CN1C[C@H](OCCOCCOCCOCCOc2ccc3c(c2)CN(C2CCC(=O)NC2=O)C3=O)C[C@H]1CCc1nc2c(c(N3CCN(C(N)=O)[C@@H](CC#N)C3)n1)CCN(c1cccc3ccccc13)C2. The van der Waals surface area contributed by atoms with Gasteiger partial charge in [-0.2, -0.15) is 5.26 Å². The minimum absolute atomic E-state index is 0.0983. The number of amides is 5. The number of likely N-dealkylation sites (N-methyl/N-ethyl adjacent to an activating group) is 1. The van der Waals surface area contributed by atoms with E-state index in [1.807, 2.05) is 6.07 Å². The van der Waals surface area contributed by atoms with E-state index < -0.39 is 18.0 Å². The van der Waals surface area contributed by atoms with Crippen LogP contribution in [0.1, 0.15) is 65.1 Å². The van der Waals surface area contributed by atoms with Crippen molar-refractivity contribution in [2.24, 2.45) is 5.73 Å². The number of piperidine rings is 1. The zero-order chi connectivity index (χ0) is 49.3. The molecule has 19 nitrogen and oxygen atoms in total. The van der Waals surface area contributed by atoms with Gasteiger partial charge in [0.2, 0.25) is 11.8 Å². The van der Waals surface area contributed by atoms with Gasteiger partial charge in [-0.05, 0) is 67.9 Å². The Bertz CT molecular complexity index is 2610. The molecule has 4 atom stereocenters. The molecule has 19 heteroatoms. The molecule has 0 bridgehead atoms. The van der Waals surface area contributed by atoms with Gasteiger partial charge in [-0.25, -0.2) is 14.8 Å². The number of hydrogen-bond acceptors (Lipinski definition) is 15. The largest absolute Gasteiger partial charge is 0.491 e. The van der Waals surface area contributed by atoms with Crippen LogP contribution in [0.2, 0.25) is 0 Å². The van der Waals surface area contributed by atoms with Gasteiger partial charge in [0.25, 0.3) is 5.91 Å². The van der Waals surface area contributed by atoms with Crippen LogP contribution >= 0.6 is 0 Å². The molecule has 5 aliphatic heterocycles. The lowest BCUT2D eigenvalue weighted by atomic mass is 10.0. The first-order chi connectivity index (χ1) is 34.6. The maximum absolute atomic E-state index is 12.9. The summed E-state index contributed by atoms with van der Waals surface area (Å²) in [6.07, 6.45) is 4.11. The Kier molecular flexibility index (Phi) is 16.2. The number of hydrogen-bond donors (Lipinski definition) is 2. The number of aromatic nitrogens is 2. The van der Waals surface area contributed by atoms with Gasteiger partial charge in [-0.15, -0.1) is 0 Å². The fraction of sp³-hybridized carbons (Fsp3) is 0.519. The van der Waals surface area contributed by atoms with E-state index in [4.69, 9.17) is 39.4 Å². The summed E-state index contributed by atoms with van der Waals surface area (Å²) >= 11 is 0. The highest BCUT2D eigenvalue weighted by Crippen LogP contribution is 2.35. The highest BCUT2D eigenvalue weighted by molar-refractivity contribution is 6.05. The number of carbonyl (C=O) groups excluding carboxylic acids is 4. The van der Waals surface area contributed by atoms with Gasteiger partial charge >= 0.3 is 6.03 Å². The van der Waals surface area contributed by atoms with Crippen molar-refractivity contribution in [3.05, 3.63) is 88.9 Å². The van der Waals surface area contributed by atoms with Gasteiger partial charge in [0.05, 0.1) is 83.1 Å². The quantitative estimate of drug-likeness (QED) is 0.0901. The molecule has 71 heavy (non-hydrogen) atoms. The normalized spacial score (nSPS) is 21.4. The Balaban J connectivity index is 0.677. The van der Waals surface area contributed by atoms with Crippen LogP contribution in [0.5, 0.6) is 5.75 Å². The number of likely N-dealkylation sites (tertiary alicyclic amines) is 1. The first kappa shape index (κ1) is 49.5. The predicted molar refractivity (Wildman–Crippen MR) is 263 cm³/mol. The molecule has 3 N–H and O–H groups in total. The van der Waals surface area contributed by atoms with Crippen LogP contribution in [0.4, 0.5) is 16.3 Å². The highest BCUT2D eigenvalue weighted by Gasteiger charge is 2.39. The summed E-state index contributed by atoms with van der Waals surface area (Å²) in [5, 5.41) is 14.4. The Labute approximate surface area is 414 Å². The van der Waals surface area contributed by atoms with Crippen LogP contribution in [0.3, 0.4) is 0 Å². The lowest BCUT2D eigenvalue weighted by molar-refractivity contribution is -0.136. The molecule has 1 aromatic heterocycles. The molecule has 1 unspecified atom stereocenters. The third-order valence-corrected chi connectivity index (χ3v) is 14.3. The maximum atomic E-state index is 12.9. The van der Waals surface area contributed by atoms with Crippen molar-refractivity contribution in [2.75, 3.05) is 102 Å². The number of benzene rings is 3. The van der Waals surface area contributed by atoms with Crippen molar-refractivity contribution in [3.8, 4) is 11.8 Å². The van der Waals surface area contributed by atoms with Crippen molar-refractivity contribution < 1.29 is 42.9 Å². The van der Waals surface area contributed by atoms with Crippen LogP contribution in [-0.2, 0) is 54.5 Å². The Morgan fingerprint density at radius 1 is 0.845 bits per heavy atom. The van der Waals surface area contributed by atoms with E-state index in [1.54, 1.807) is 17.0 Å². The summed E-state index contributed by atoms with van der Waals surface area (Å²) in [5.41, 5.74) is 10.4. The topological polar surface area (TPSA) is 218 Å². The van der Waals surface area contributed by atoms with E-state index in [1.165, 1.54) is 21.4 Å². The number of nitrogens with zero attached hydrogens (tertiary/aromatic N) is 8. The van der Waals surface area contributed by atoms with Gasteiger partial charge in [0.1, 0.15) is 30.0 Å². The molecular formula is C52H64N10O9. The van der Waals surface area contributed by atoms with E-state index in [-0.39, 0.29) is 36.8 Å².